The van der Waals surface area contributed by atoms with Gasteiger partial charge >= 0.3 is 0 Å². The monoisotopic (exact) mass is 297 g/mol. The van der Waals surface area contributed by atoms with E-state index in [0.717, 1.165) is 19.3 Å². The second kappa shape index (κ2) is 8.37. The minimum absolute atomic E-state index is 0.00843. The molecule has 2 amide bonds. The zero-order chi connectivity index (χ0) is 16.0. The second-order valence-corrected chi connectivity index (χ2v) is 6.40. The predicted octanol–water partition coefficient (Wildman–Crippen LogP) is 1.61. The van der Waals surface area contributed by atoms with Gasteiger partial charge < -0.3 is 15.5 Å². The molecule has 1 rings (SSSR count). The lowest BCUT2D eigenvalue weighted by Crippen LogP contribution is -2.50. The summed E-state index contributed by atoms with van der Waals surface area (Å²) in [5.74, 6) is -0.00466. The Balaban J connectivity index is 2.50. The highest BCUT2D eigenvalue weighted by atomic mass is 16.2. The number of carbonyl (C=O) groups excluding carboxylic acids is 2. The van der Waals surface area contributed by atoms with E-state index in [9.17, 15) is 9.59 Å². The Hall–Kier alpha value is -1.10. The van der Waals surface area contributed by atoms with Crippen molar-refractivity contribution in [3.8, 4) is 0 Å². The van der Waals surface area contributed by atoms with E-state index in [4.69, 9.17) is 5.73 Å². The average Bonchev–Trinajstić information content (AvgIpc) is 2.52. The van der Waals surface area contributed by atoms with Crippen LogP contribution in [0.15, 0.2) is 0 Å². The Kier molecular flexibility index (Phi) is 7.15. The van der Waals surface area contributed by atoms with Crippen molar-refractivity contribution in [3.63, 3.8) is 0 Å². The highest BCUT2D eigenvalue weighted by Gasteiger charge is 2.27. The van der Waals surface area contributed by atoms with Crippen LogP contribution in [0.4, 0.5) is 0 Å². The normalized spacial score (nSPS) is 18.9. The molecule has 21 heavy (non-hydrogen) atoms. The molecule has 0 heterocycles. The highest BCUT2D eigenvalue weighted by molar-refractivity contribution is 5.87. The summed E-state index contributed by atoms with van der Waals surface area (Å²) in [5.41, 5.74) is 5.95. The lowest BCUT2D eigenvalue weighted by Gasteiger charge is -2.33. The van der Waals surface area contributed by atoms with Crippen LogP contribution >= 0.6 is 0 Å². The van der Waals surface area contributed by atoms with Gasteiger partial charge in [0, 0.05) is 20.1 Å². The Morgan fingerprint density at radius 1 is 1.19 bits per heavy atom. The summed E-state index contributed by atoms with van der Waals surface area (Å²) in [6.07, 6.45) is 6.65. The van der Waals surface area contributed by atoms with Gasteiger partial charge in [-0.25, -0.2) is 0 Å². The molecule has 1 saturated carbocycles. The van der Waals surface area contributed by atoms with E-state index in [0.29, 0.717) is 6.04 Å². The first-order chi connectivity index (χ1) is 9.88. The molecule has 1 aliphatic carbocycles. The van der Waals surface area contributed by atoms with Crippen LogP contribution in [0.1, 0.15) is 52.4 Å². The number of hydrogen-bond donors (Lipinski definition) is 1. The van der Waals surface area contributed by atoms with Crippen LogP contribution < -0.4 is 5.73 Å². The summed E-state index contributed by atoms with van der Waals surface area (Å²) < 4.78 is 0. The van der Waals surface area contributed by atoms with E-state index >= 15 is 0 Å². The van der Waals surface area contributed by atoms with Gasteiger partial charge in [0.05, 0.1) is 12.6 Å². The molecule has 2 N–H and O–H groups in total. The van der Waals surface area contributed by atoms with E-state index in [1.165, 1.54) is 24.2 Å². The molecule has 0 saturated heterocycles. The first kappa shape index (κ1) is 18.0. The molecule has 2 atom stereocenters. The van der Waals surface area contributed by atoms with Gasteiger partial charge in [0.1, 0.15) is 0 Å². The van der Waals surface area contributed by atoms with Gasteiger partial charge in [-0.2, -0.15) is 0 Å². The molecule has 0 aromatic heterocycles. The van der Waals surface area contributed by atoms with E-state index in [2.05, 4.69) is 0 Å². The molecule has 0 aromatic rings. The molecule has 0 aliphatic heterocycles. The lowest BCUT2D eigenvalue weighted by molar-refractivity contribution is -0.141. The first-order valence-electron chi connectivity index (χ1n) is 8.14. The first-order valence-corrected chi connectivity index (χ1v) is 8.14. The van der Waals surface area contributed by atoms with Crippen LogP contribution in [0.3, 0.4) is 0 Å². The minimum atomic E-state index is -0.521. The molecule has 5 heteroatoms. The number of nitrogens with zero attached hydrogens (tertiary/aromatic N) is 2. The summed E-state index contributed by atoms with van der Waals surface area (Å²) in [6.45, 7) is 4.10. The summed E-state index contributed by atoms with van der Waals surface area (Å²) in [7, 11) is 3.52. The quantitative estimate of drug-likeness (QED) is 0.810. The van der Waals surface area contributed by atoms with Crippen LogP contribution in [0.25, 0.3) is 0 Å². The Morgan fingerprint density at radius 2 is 1.76 bits per heavy atom. The summed E-state index contributed by atoms with van der Waals surface area (Å²) >= 11 is 0. The van der Waals surface area contributed by atoms with Crippen molar-refractivity contribution in [2.75, 3.05) is 20.6 Å². The maximum atomic E-state index is 12.3. The van der Waals surface area contributed by atoms with Gasteiger partial charge in [0.2, 0.25) is 11.8 Å². The summed E-state index contributed by atoms with van der Waals surface area (Å²) in [6, 6.07) is -0.189. The minimum Gasteiger partial charge on any atom is -0.341 e. The maximum absolute atomic E-state index is 12.3. The number of likely N-dealkylation sites (N-methyl/N-ethyl adjacent to an activating group) is 2. The third-order valence-corrected chi connectivity index (χ3v) is 4.81. The Labute approximate surface area is 128 Å². The summed E-state index contributed by atoms with van der Waals surface area (Å²) in [4.78, 5) is 27.8. The molecule has 0 radical (unpaired) electrons. The van der Waals surface area contributed by atoms with E-state index in [1.54, 1.807) is 7.05 Å². The molecule has 5 nitrogen and oxygen atoms in total. The molecule has 0 bridgehead atoms. The Morgan fingerprint density at radius 3 is 2.29 bits per heavy atom. The molecule has 0 aromatic carbocycles. The fourth-order valence-electron chi connectivity index (χ4n) is 2.82. The van der Waals surface area contributed by atoms with Crippen LogP contribution in [0.5, 0.6) is 0 Å². The SMILES string of the molecule is CCC(C)[C@H](N)C(=O)N(C)CC(=O)N(C)C1CCCCC1. The smallest absolute Gasteiger partial charge is 0.242 e. The fourth-order valence-corrected chi connectivity index (χ4v) is 2.82. The van der Waals surface area contributed by atoms with Crippen molar-refractivity contribution in [1.29, 1.82) is 0 Å². The molecule has 1 unspecified atom stereocenters. The van der Waals surface area contributed by atoms with Gasteiger partial charge in [-0.15, -0.1) is 0 Å². The van der Waals surface area contributed by atoms with Crippen molar-refractivity contribution >= 4 is 11.8 Å². The largest absolute Gasteiger partial charge is 0.341 e. The van der Waals surface area contributed by atoms with Gasteiger partial charge in [-0.3, -0.25) is 9.59 Å². The van der Waals surface area contributed by atoms with E-state index < -0.39 is 6.04 Å². The third-order valence-electron chi connectivity index (χ3n) is 4.81. The molecular weight excluding hydrogens is 266 g/mol. The third kappa shape index (κ3) is 4.99. The van der Waals surface area contributed by atoms with Crippen molar-refractivity contribution in [1.82, 2.24) is 9.80 Å². The number of hydrogen-bond acceptors (Lipinski definition) is 3. The van der Waals surface area contributed by atoms with Crippen LogP contribution in [0.2, 0.25) is 0 Å². The van der Waals surface area contributed by atoms with Gasteiger partial charge in [-0.05, 0) is 18.8 Å². The molecule has 0 spiro atoms. The van der Waals surface area contributed by atoms with Crippen LogP contribution in [-0.2, 0) is 9.59 Å². The fraction of sp³-hybridized carbons (Fsp3) is 0.875. The molecular formula is C16H31N3O2. The van der Waals surface area contributed by atoms with Crippen LogP contribution in [-0.4, -0.2) is 54.3 Å². The maximum Gasteiger partial charge on any atom is 0.242 e. The average molecular weight is 297 g/mol. The second-order valence-electron chi connectivity index (χ2n) is 6.40. The van der Waals surface area contributed by atoms with Crippen molar-refractivity contribution in [3.05, 3.63) is 0 Å². The molecule has 1 aliphatic rings. The number of rotatable bonds is 6. The number of carbonyl (C=O) groups is 2. The topological polar surface area (TPSA) is 66.6 Å². The number of nitrogens with two attached hydrogens (primary N) is 1. The molecule has 1 fully saturated rings. The lowest BCUT2D eigenvalue weighted by atomic mass is 9.94. The van der Waals surface area contributed by atoms with E-state index in [1.807, 2.05) is 25.8 Å². The van der Waals surface area contributed by atoms with Crippen molar-refractivity contribution in [2.24, 2.45) is 11.7 Å². The zero-order valence-electron chi connectivity index (χ0n) is 14.0. The standard InChI is InChI=1S/C16H31N3O2/c1-5-12(2)15(17)16(21)18(3)11-14(20)19(4)13-9-7-6-8-10-13/h12-13,15H,5-11,17H2,1-4H3/t12?,15-/m0/s1. The highest BCUT2D eigenvalue weighted by Crippen LogP contribution is 2.21. The van der Waals surface area contributed by atoms with Crippen molar-refractivity contribution in [2.45, 2.75) is 64.5 Å². The predicted molar refractivity (Wildman–Crippen MR) is 84.7 cm³/mol. The Bertz CT molecular complexity index is 353. The van der Waals surface area contributed by atoms with Crippen LogP contribution in [0, 0.1) is 5.92 Å². The van der Waals surface area contributed by atoms with Gasteiger partial charge in [0.15, 0.2) is 0 Å². The molecule has 122 valence electrons. The van der Waals surface area contributed by atoms with Gasteiger partial charge in [0.25, 0.3) is 0 Å². The zero-order valence-corrected chi connectivity index (χ0v) is 14.0. The number of amides is 2. The van der Waals surface area contributed by atoms with E-state index in [-0.39, 0.29) is 24.3 Å². The van der Waals surface area contributed by atoms with Gasteiger partial charge in [-0.1, -0.05) is 39.5 Å². The van der Waals surface area contributed by atoms with Crippen molar-refractivity contribution < 1.29 is 9.59 Å². The summed E-state index contributed by atoms with van der Waals surface area (Å²) in [5, 5.41) is 0.